The van der Waals surface area contributed by atoms with Crippen LogP contribution >= 0.6 is 15.9 Å². The zero-order chi connectivity index (χ0) is 23.7. The van der Waals surface area contributed by atoms with E-state index in [1.165, 1.54) is 31.2 Å². The molecule has 1 atom stereocenters. The smallest absolute Gasteiger partial charge is 0.226 e. The van der Waals surface area contributed by atoms with Gasteiger partial charge in [0.1, 0.15) is 0 Å². The second kappa shape index (κ2) is 12.7. The summed E-state index contributed by atoms with van der Waals surface area (Å²) in [5.74, 6) is -1.37. The van der Waals surface area contributed by atoms with E-state index in [1.807, 2.05) is 6.92 Å². The standard InChI is InChI=1S/C21H34BrO6S3/c1-4-6-7-8-9-10-16-29(23,24)21(17-30(25,26)18(3)11-5-2)31(27,28)20-14-12-19(22)13-15-20/h12-15,18H,4-11,16-17H2,1-3H3. The van der Waals surface area contributed by atoms with Crippen molar-refractivity contribution in [2.75, 3.05) is 11.5 Å². The Morgan fingerprint density at radius 2 is 1.39 bits per heavy atom. The van der Waals surface area contributed by atoms with Crippen molar-refractivity contribution >= 4 is 45.4 Å². The zero-order valence-corrected chi connectivity index (χ0v) is 22.5. The highest BCUT2D eigenvalue weighted by molar-refractivity contribution is 9.10. The molecule has 0 aliphatic heterocycles. The van der Waals surface area contributed by atoms with E-state index in [0.29, 0.717) is 30.2 Å². The van der Waals surface area contributed by atoms with Crippen molar-refractivity contribution in [1.29, 1.82) is 0 Å². The van der Waals surface area contributed by atoms with Gasteiger partial charge < -0.3 is 0 Å². The van der Waals surface area contributed by atoms with E-state index in [9.17, 15) is 25.3 Å². The molecule has 6 nitrogen and oxygen atoms in total. The lowest BCUT2D eigenvalue weighted by atomic mass is 10.1. The first-order valence-electron chi connectivity index (χ1n) is 10.7. The number of sulfone groups is 3. The molecule has 0 heterocycles. The fraction of sp³-hybridized carbons (Fsp3) is 0.667. The predicted molar refractivity (Wildman–Crippen MR) is 130 cm³/mol. The Hall–Kier alpha value is -0.450. The summed E-state index contributed by atoms with van der Waals surface area (Å²) < 4.78 is 77.9. The van der Waals surface area contributed by atoms with Gasteiger partial charge in [0, 0.05) is 4.47 Å². The number of halogens is 1. The highest BCUT2D eigenvalue weighted by Gasteiger charge is 2.44. The minimum Gasteiger partial charge on any atom is -0.228 e. The molecule has 0 saturated heterocycles. The molecule has 0 N–H and O–H groups in total. The van der Waals surface area contributed by atoms with Crippen molar-refractivity contribution in [2.45, 2.75) is 82.3 Å². The first-order chi connectivity index (χ1) is 14.4. The summed E-state index contributed by atoms with van der Waals surface area (Å²) in [6.07, 6.45) is 5.88. The first-order valence-corrected chi connectivity index (χ1v) is 16.3. The van der Waals surface area contributed by atoms with Crippen LogP contribution in [0.5, 0.6) is 0 Å². The Balaban J connectivity index is 3.22. The van der Waals surface area contributed by atoms with Gasteiger partial charge in [-0.3, -0.25) is 0 Å². The topological polar surface area (TPSA) is 102 Å². The van der Waals surface area contributed by atoms with E-state index in [4.69, 9.17) is 0 Å². The summed E-state index contributed by atoms with van der Waals surface area (Å²) in [6.45, 7) is 5.40. The van der Waals surface area contributed by atoms with Crippen LogP contribution in [0.2, 0.25) is 0 Å². The van der Waals surface area contributed by atoms with Gasteiger partial charge in [-0.2, -0.15) is 0 Å². The highest BCUT2D eigenvalue weighted by Crippen LogP contribution is 2.31. The number of hydrogen-bond donors (Lipinski definition) is 0. The fourth-order valence-electron chi connectivity index (χ4n) is 3.16. The van der Waals surface area contributed by atoms with Gasteiger partial charge in [-0.15, -0.1) is 0 Å². The third-order valence-electron chi connectivity index (χ3n) is 5.16. The quantitative estimate of drug-likeness (QED) is 0.278. The summed E-state index contributed by atoms with van der Waals surface area (Å²) in [5.41, 5.74) is 0. The summed E-state index contributed by atoms with van der Waals surface area (Å²) in [5, 5.41) is -0.822. The lowest BCUT2D eigenvalue weighted by Crippen LogP contribution is -2.34. The van der Waals surface area contributed by atoms with Gasteiger partial charge in [-0.1, -0.05) is 68.3 Å². The molecule has 0 bridgehead atoms. The third-order valence-corrected chi connectivity index (χ3v) is 12.9. The summed E-state index contributed by atoms with van der Waals surface area (Å²) in [7, 11) is -12.7. The fourth-order valence-corrected chi connectivity index (χ4v) is 10.4. The largest absolute Gasteiger partial charge is 0.228 e. The normalized spacial score (nSPS) is 14.1. The van der Waals surface area contributed by atoms with Crippen LogP contribution in [0.15, 0.2) is 33.6 Å². The van der Waals surface area contributed by atoms with Gasteiger partial charge in [0.25, 0.3) is 0 Å². The molecule has 0 saturated carbocycles. The van der Waals surface area contributed by atoms with Gasteiger partial charge in [-0.05, 0) is 44.0 Å². The maximum Gasteiger partial charge on any atom is 0.226 e. The van der Waals surface area contributed by atoms with Crippen LogP contribution in [0.3, 0.4) is 0 Å². The Labute approximate surface area is 197 Å². The SMILES string of the molecule is CCCCCCCCS(=O)(=O)[C](CS(=O)(=O)C(C)CCC)S(=O)(=O)c1ccc(Br)cc1. The summed E-state index contributed by atoms with van der Waals surface area (Å²) >= 11 is 3.22. The van der Waals surface area contributed by atoms with Crippen LogP contribution in [0, 0.1) is 4.58 Å². The van der Waals surface area contributed by atoms with Crippen molar-refractivity contribution in [1.82, 2.24) is 0 Å². The van der Waals surface area contributed by atoms with Crippen molar-refractivity contribution in [3.8, 4) is 0 Å². The molecule has 0 aromatic heterocycles. The van der Waals surface area contributed by atoms with Crippen LogP contribution in [0.25, 0.3) is 0 Å². The number of benzene rings is 1. The van der Waals surface area contributed by atoms with Gasteiger partial charge in [0.05, 0.1) is 21.7 Å². The van der Waals surface area contributed by atoms with E-state index in [2.05, 4.69) is 22.9 Å². The van der Waals surface area contributed by atoms with Crippen LogP contribution in [-0.4, -0.2) is 42.0 Å². The van der Waals surface area contributed by atoms with E-state index in [1.54, 1.807) is 0 Å². The van der Waals surface area contributed by atoms with E-state index < -0.39 is 45.1 Å². The molecule has 31 heavy (non-hydrogen) atoms. The Bertz CT molecular complexity index is 984. The average Bonchev–Trinajstić information content (AvgIpc) is 2.69. The van der Waals surface area contributed by atoms with Crippen molar-refractivity contribution < 1.29 is 25.3 Å². The number of rotatable bonds is 15. The minimum atomic E-state index is -4.48. The maximum atomic E-state index is 13.2. The predicted octanol–water partition coefficient (Wildman–Crippen LogP) is 5.09. The first kappa shape index (κ1) is 28.6. The van der Waals surface area contributed by atoms with Crippen molar-refractivity contribution in [2.24, 2.45) is 0 Å². The molecule has 179 valence electrons. The monoisotopic (exact) mass is 557 g/mol. The Morgan fingerprint density at radius 1 is 0.839 bits per heavy atom. The molecule has 1 rings (SSSR count). The second-order valence-electron chi connectivity index (χ2n) is 7.82. The Kier molecular flexibility index (Phi) is 11.7. The minimum absolute atomic E-state index is 0.226. The maximum absolute atomic E-state index is 13.2. The molecule has 0 spiro atoms. The number of hydrogen-bond acceptors (Lipinski definition) is 6. The van der Waals surface area contributed by atoms with Crippen LogP contribution in [-0.2, 0) is 29.5 Å². The Morgan fingerprint density at radius 3 is 1.94 bits per heavy atom. The molecule has 1 aromatic carbocycles. The highest BCUT2D eigenvalue weighted by atomic mass is 79.9. The summed E-state index contributed by atoms with van der Waals surface area (Å²) in [6, 6.07) is 5.53. The molecular weight excluding hydrogens is 524 g/mol. The molecule has 10 heteroatoms. The molecule has 1 radical (unpaired) electrons. The molecule has 0 amide bonds. The zero-order valence-electron chi connectivity index (χ0n) is 18.5. The van der Waals surface area contributed by atoms with Crippen LogP contribution < -0.4 is 0 Å². The summed E-state index contributed by atoms with van der Waals surface area (Å²) in [4.78, 5) is -0.226. The molecule has 0 aliphatic carbocycles. The lowest BCUT2D eigenvalue weighted by molar-refractivity contribution is 0.568. The molecule has 1 unspecified atom stereocenters. The molecule has 0 aliphatic rings. The third kappa shape index (κ3) is 8.78. The van der Waals surface area contributed by atoms with Crippen LogP contribution in [0.4, 0.5) is 0 Å². The molecule has 1 aromatic rings. The van der Waals surface area contributed by atoms with Gasteiger partial charge in [-0.25, -0.2) is 25.3 Å². The van der Waals surface area contributed by atoms with Crippen molar-refractivity contribution in [3.63, 3.8) is 0 Å². The average molecular weight is 559 g/mol. The molecule has 0 fully saturated rings. The van der Waals surface area contributed by atoms with E-state index in [-0.39, 0.29) is 10.6 Å². The van der Waals surface area contributed by atoms with Crippen LogP contribution in [0.1, 0.15) is 72.1 Å². The lowest BCUT2D eigenvalue weighted by Gasteiger charge is -2.20. The van der Waals surface area contributed by atoms with Crippen molar-refractivity contribution in [3.05, 3.63) is 33.3 Å². The van der Waals surface area contributed by atoms with Gasteiger partial charge in [0.15, 0.2) is 19.7 Å². The molecular formula is C21H34BrO6S3. The van der Waals surface area contributed by atoms with Gasteiger partial charge in [0.2, 0.25) is 14.4 Å². The second-order valence-corrected chi connectivity index (χ2v) is 15.5. The van der Waals surface area contributed by atoms with Gasteiger partial charge >= 0.3 is 0 Å². The van der Waals surface area contributed by atoms with E-state index >= 15 is 0 Å². The number of unbranched alkanes of at least 4 members (excludes halogenated alkanes) is 5. The van der Waals surface area contributed by atoms with E-state index in [0.717, 1.165) is 25.7 Å².